The van der Waals surface area contributed by atoms with Gasteiger partial charge in [0.05, 0.1) is 16.0 Å². The Morgan fingerprint density at radius 3 is 2.65 bits per heavy atom. The van der Waals surface area contributed by atoms with E-state index in [1.165, 1.54) is 5.56 Å². The molecule has 1 aromatic heterocycles. The first-order valence-corrected chi connectivity index (χ1v) is 9.07. The highest BCUT2D eigenvalue weighted by Crippen LogP contribution is 2.37. The highest BCUT2D eigenvalue weighted by atomic mass is 35.5. The highest BCUT2D eigenvalue weighted by Gasteiger charge is 2.42. The number of halogens is 1. The standard InChI is InChI=1S/C20H20ClN3O2/c1-13-5-7-14(8-6-13)20(9-11-26-12-10-20)19(25)22-18-15-3-2-4-16(21)17(15)23-24-18/h2-8H,9-12H2,1H3,(H2,22,23,24,25). The molecule has 1 fully saturated rings. The molecule has 1 saturated heterocycles. The van der Waals surface area contributed by atoms with E-state index in [1.807, 2.05) is 43.3 Å². The molecule has 26 heavy (non-hydrogen) atoms. The number of benzene rings is 2. The Hall–Kier alpha value is -2.37. The molecule has 0 radical (unpaired) electrons. The van der Waals surface area contributed by atoms with Crippen LogP contribution in [0.3, 0.4) is 0 Å². The minimum absolute atomic E-state index is 0.0574. The summed E-state index contributed by atoms with van der Waals surface area (Å²) in [5.41, 5.74) is 2.29. The summed E-state index contributed by atoms with van der Waals surface area (Å²) in [5, 5.41) is 11.6. The third-order valence-electron chi connectivity index (χ3n) is 5.17. The lowest BCUT2D eigenvalue weighted by Gasteiger charge is -2.36. The molecule has 1 amide bonds. The van der Waals surface area contributed by atoms with E-state index in [9.17, 15) is 4.79 Å². The van der Waals surface area contributed by atoms with Crippen LogP contribution in [-0.4, -0.2) is 29.3 Å². The summed E-state index contributed by atoms with van der Waals surface area (Å²) in [4.78, 5) is 13.3. The van der Waals surface area contributed by atoms with Crippen molar-refractivity contribution in [3.05, 3.63) is 58.6 Å². The van der Waals surface area contributed by atoms with Gasteiger partial charge >= 0.3 is 0 Å². The number of hydrogen-bond acceptors (Lipinski definition) is 3. The number of carbonyl (C=O) groups is 1. The lowest BCUT2D eigenvalue weighted by molar-refractivity contribution is -0.125. The fourth-order valence-electron chi connectivity index (χ4n) is 3.57. The molecule has 134 valence electrons. The summed E-state index contributed by atoms with van der Waals surface area (Å²) in [6.45, 7) is 3.17. The number of aromatic nitrogens is 2. The molecule has 0 aliphatic carbocycles. The molecule has 0 atom stereocenters. The third-order valence-corrected chi connectivity index (χ3v) is 5.48. The number of fused-ring (bicyclic) bond motifs is 1. The first-order valence-electron chi connectivity index (χ1n) is 8.69. The number of aromatic amines is 1. The van der Waals surface area contributed by atoms with Gasteiger partial charge in [-0.05, 0) is 37.5 Å². The van der Waals surface area contributed by atoms with Gasteiger partial charge in [-0.1, -0.05) is 47.5 Å². The van der Waals surface area contributed by atoms with Gasteiger partial charge in [-0.25, -0.2) is 0 Å². The number of amides is 1. The average Bonchev–Trinajstić information content (AvgIpc) is 3.07. The van der Waals surface area contributed by atoms with Crippen molar-refractivity contribution in [2.45, 2.75) is 25.2 Å². The summed E-state index contributed by atoms with van der Waals surface area (Å²) in [5.74, 6) is 0.448. The number of para-hydroxylation sites is 1. The number of rotatable bonds is 3. The topological polar surface area (TPSA) is 67.0 Å². The second-order valence-corrected chi connectivity index (χ2v) is 7.16. The number of ether oxygens (including phenoxy) is 1. The fourth-order valence-corrected chi connectivity index (χ4v) is 3.79. The van der Waals surface area contributed by atoms with E-state index in [2.05, 4.69) is 15.5 Å². The fraction of sp³-hybridized carbons (Fsp3) is 0.300. The Balaban J connectivity index is 1.70. The van der Waals surface area contributed by atoms with E-state index in [0.717, 1.165) is 16.5 Å². The summed E-state index contributed by atoms with van der Waals surface area (Å²) in [7, 11) is 0. The van der Waals surface area contributed by atoms with Crippen molar-refractivity contribution in [2.24, 2.45) is 0 Å². The average molecular weight is 370 g/mol. The Morgan fingerprint density at radius 1 is 1.19 bits per heavy atom. The first kappa shape index (κ1) is 17.1. The van der Waals surface area contributed by atoms with Crippen LogP contribution in [0, 0.1) is 6.92 Å². The SMILES string of the molecule is Cc1ccc(C2(C(=O)Nc3n[nH]c4c(Cl)cccc34)CCOCC2)cc1. The maximum Gasteiger partial charge on any atom is 0.236 e. The largest absolute Gasteiger partial charge is 0.381 e. The van der Waals surface area contributed by atoms with Crippen molar-refractivity contribution >= 4 is 34.2 Å². The zero-order chi connectivity index (χ0) is 18.1. The molecule has 0 unspecified atom stereocenters. The predicted octanol–water partition coefficient (Wildman–Crippen LogP) is 4.21. The second kappa shape index (κ2) is 6.74. The van der Waals surface area contributed by atoms with E-state index in [0.29, 0.717) is 36.9 Å². The summed E-state index contributed by atoms with van der Waals surface area (Å²) in [6, 6.07) is 13.7. The van der Waals surface area contributed by atoms with Crippen LogP contribution >= 0.6 is 11.6 Å². The molecule has 2 aromatic carbocycles. The Kier molecular flexibility index (Phi) is 4.42. The van der Waals surface area contributed by atoms with E-state index in [1.54, 1.807) is 6.07 Å². The number of H-pyrrole nitrogens is 1. The third kappa shape index (κ3) is 2.87. The molecular formula is C20H20ClN3O2. The Bertz CT molecular complexity index is 943. The smallest absolute Gasteiger partial charge is 0.236 e. The molecule has 3 aromatic rings. The van der Waals surface area contributed by atoms with Crippen LogP contribution in [0.15, 0.2) is 42.5 Å². The van der Waals surface area contributed by atoms with Crippen molar-refractivity contribution in [1.29, 1.82) is 0 Å². The van der Waals surface area contributed by atoms with Gasteiger partial charge in [0, 0.05) is 18.6 Å². The minimum Gasteiger partial charge on any atom is -0.381 e. The van der Waals surface area contributed by atoms with E-state index in [4.69, 9.17) is 16.3 Å². The quantitative estimate of drug-likeness (QED) is 0.726. The van der Waals surface area contributed by atoms with Crippen LogP contribution in [0.2, 0.25) is 5.02 Å². The minimum atomic E-state index is -0.615. The molecule has 0 spiro atoms. The lowest BCUT2D eigenvalue weighted by atomic mass is 9.73. The number of nitrogens with zero attached hydrogens (tertiary/aromatic N) is 1. The second-order valence-electron chi connectivity index (χ2n) is 6.75. The summed E-state index contributed by atoms with van der Waals surface area (Å²) >= 11 is 6.19. The van der Waals surface area contributed by atoms with Gasteiger partial charge in [-0.15, -0.1) is 0 Å². The molecule has 0 saturated carbocycles. The number of nitrogens with one attached hydrogen (secondary N) is 2. The van der Waals surface area contributed by atoms with Crippen molar-refractivity contribution in [1.82, 2.24) is 10.2 Å². The van der Waals surface area contributed by atoms with Gasteiger partial charge in [-0.3, -0.25) is 9.89 Å². The Morgan fingerprint density at radius 2 is 1.92 bits per heavy atom. The van der Waals surface area contributed by atoms with Crippen LogP contribution in [0.5, 0.6) is 0 Å². The van der Waals surface area contributed by atoms with Crippen molar-refractivity contribution in [2.75, 3.05) is 18.5 Å². The summed E-state index contributed by atoms with van der Waals surface area (Å²) < 4.78 is 5.52. The molecule has 1 aliphatic heterocycles. The number of hydrogen-bond donors (Lipinski definition) is 2. The lowest BCUT2D eigenvalue weighted by Crippen LogP contribution is -2.45. The maximum absolute atomic E-state index is 13.3. The van der Waals surface area contributed by atoms with Crippen LogP contribution in [-0.2, 0) is 14.9 Å². The molecule has 0 bridgehead atoms. The van der Waals surface area contributed by atoms with E-state index >= 15 is 0 Å². The molecule has 2 heterocycles. The predicted molar refractivity (Wildman–Crippen MR) is 103 cm³/mol. The molecule has 4 rings (SSSR count). The molecule has 1 aliphatic rings. The van der Waals surface area contributed by atoms with Gasteiger partial charge in [0.1, 0.15) is 0 Å². The number of aryl methyl sites for hydroxylation is 1. The van der Waals surface area contributed by atoms with Gasteiger partial charge in [0.25, 0.3) is 0 Å². The molecule has 2 N–H and O–H groups in total. The van der Waals surface area contributed by atoms with Gasteiger partial charge in [0.15, 0.2) is 5.82 Å². The zero-order valence-electron chi connectivity index (χ0n) is 14.5. The van der Waals surface area contributed by atoms with Crippen LogP contribution in [0.25, 0.3) is 10.9 Å². The van der Waals surface area contributed by atoms with Crippen LogP contribution in [0.4, 0.5) is 5.82 Å². The maximum atomic E-state index is 13.3. The molecular weight excluding hydrogens is 350 g/mol. The highest BCUT2D eigenvalue weighted by molar-refractivity contribution is 6.35. The number of carbonyl (C=O) groups excluding carboxylic acids is 1. The van der Waals surface area contributed by atoms with Crippen molar-refractivity contribution in [3.8, 4) is 0 Å². The molecule has 5 nitrogen and oxygen atoms in total. The van der Waals surface area contributed by atoms with Gasteiger partial charge < -0.3 is 10.1 Å². The summed E-state index contributed by atoms with van der Waals surface area (Å²) in [6.07, 6.45) is 1.29. The Labute approximate surface area is 156 Å². The zero-order valence-corrected chi connectivity index (χ0v) is 15.3. The normalized spacial score (nSPS) is 16.5. The van der Waals surface area contributed by atoms with Gasteiger partial charge in [-0.2, -0.15) is 5.10 Å². The molecule has 6 heteroatoms. The first-order chi connectivity index (χ1) is 12.6. The van der Waals surface area contributed by atoms with E-state index in [-0.39, 0.29) is 5.91 Å². The van der Waals surface area contributed by atoms with Gasteiger partial charge in [0.2, 0.25) is 5.91 Å². The van der Waals surface area contributed by atoms with E-state index < -0.39 is 5.41 Å². The van der Waals surface area contributed by atoms with Crippen molar-refractivity contribution in [3.63, 3.8) is 0 Å². The van der Waals surface area contributed by atoms with Crippen molar-refractivity contribution < 1.29 is 9.53 Å². The van der Waals surface area contributed by atoms with Crippen LogP contribution < -0.4 is 5.32 Å². The van der Waals surface area contributed by atoms with Crippen LogP contribution in [0.1, 0.15) is 24.0 Å². The monoisotopic (exact) mass is 369 g/mol. The number of anilines is 1.